The largest absolute Gasteiger partial charge is 0.479 e. The van der Waals surface area contributed by atoms with Gasteiger partial charge < -0.3 is 14.8 Å². The van der Waals surface area contributed by atoms with Crippen LogP contribution in [-0.4, -0.2) is 30.4 Å². The van der Waals surface area contributed by atoms with Crippen LogP contribution in [0.25, 0.3) is 0 Å². The number of esters is 1. The quantitative estimate of drug-likeness (QED) is 0.557. The second kappa shape index (κ2) is 9.88. The molecule has 0 aromatic heterocycles. The Balaban J connectivity index is 1.82. The van der Waals surface area contributed by atoms with E-state index < -0.39 is 18.7 Å². The highest BCUT2D eigenvalue weighted by molar-refractivity contribution is 5.98. The van der Waals surface area contributed by atoms with Crippen LogP contribution >= 0.6 is 0 Å². The number of benzene rings is 2. The Morgan fingerprint density at radius 2 is 1.71 bits per heavy atom. The molecule has 0 fully saturated rings. The summed E-state index contributed by atoms with van der Waals surface area (Å²) in [6, 6.07) is 15.0. The van der Waals surface area contributed by atoms with Crippen molar-refractivity contribution in [3.63, 3.8) is 0 Å². The van der Waals surface area contributed by atoms with Crippen molar-refractivity contribution in [2.24, 2.45) is 0 Å². The van der Waals surface area contributed by atoms with Crippen LogP contribution in [0.2, 0.25) is 0 Å². The van der Waals surface area contributed by atoms with Gasteiger partial charge >= 0.3 is 5.97 Å². The molecular weight excluding hydrogens is 360 g/mol. The molecule has 1 amide bonds. The maximum absolute atomic E-state index is 12.2. The number of amides is 1. The Morgan fingerprint density at radius 1 is 1.07 bits per heavy atom. The van der Waals surface area contributed by atoms with E-state index in [0.717, 1.165) is 5.56 Å². The molecule has 2 aromatic rings. The number of nitrogens with one attached hydrogen (secondary N) is 1. The number of carbonyl (C=O) groups is 3. The molecule has 0 heterocycles. The van der Waals surface area contributed by atoms with Crippen LogP contribution in [0.3, 0.4) is 0 Å². The van der Waals surface area contributed by atoms with Gasteiger partial charge in [0.2, 0.25) is 5.91 Å². The van der Waals surface area contributed by atoms with E-state index in [0.29, 0.717) is 23.4 Å². The molecule has 0 unspecified atom stereocenters. The SMILES string of the molecule is CC(=O)NCc1ccc(C(=O)COC(=O)[C@H](C)Oc2ccc(C#N)cc2)cc1. The van der Waals surface area contributed by atoms with Crippen molar-refractivity contribution in [3.05, 3.63) is 65.2 Å². The minimum Gasteiger partial charge on any atom is -0.479 e. The van der Waals surface area contributed by atoms with E-state index in [1.54, 1.807) is 48.5 Å². The number of ether oxygens (including phenoxy) is 2. The summed E-state index contributed by atoms with van der Waals surface area (Å²) < 4.78 is 10.5. The number of rotatable bonds is 8. The average Bonchev–Trinajstić information content (AvgIpc) is 2.71. The molecule has 28 heavy (non-hydrogen) atoms. The molecular formula is C21H20N2O5. The Labute approximate surface area is 162 Å². The second-order valence-electron chi connectivity index (χ2n) is 6.03. The fourth-order valence-corrected chi connectivity index (χ4v) is 2.23. The highest BCUT2D eigenvalue weighted by Crippen LogP contribution is 2.14. The van der Waals surface area contributed by atoms with Crippen molar-refractivity contribution in [2.45, 2.75) is 26.5 Å². The Bertz CT molecular complexity index is 883. The van der Waals surface area contributed by atoms with Crippen LogP contribution in [0.15, 0.2) is 48.5 Å². The molecule has 0 aliphatic carbocycles. The summed E-state index contributed by atoms with van der Waals surface area (Å²) in [6.45, 7) is 2.92. The van der Waals surface area contributed by atoms with Gasteiger partial charge in [-0.05, 0) is 36.8 Å². The first-order chi connectivity index (χ1) is 13.4. The highest BCUT2D eigenvalue weighted by Gasteiger charge is 2.18. The molecule has 2 rings (SSSR count). The Kier molecular flexibility index (Phi) is 7.28. The van der Waals surface area contributed by atoms with Crippen molar-refractivity contribution in [2.75, 3.05) is 6.61 Å². The standard InChI is InChI=1S/C21H20N2O5/c1-14(28-19-9-5-16(11-22)6-10-19)21(26)27-13-20(25)18-7-3-17(4-8-18)12-23-15(2)24/h3-10,14H,12-13H2,1-2H3,(H,23,24)/t14-/m0/s1. The lowest BCUT2D eigenvalue weighted by molar-refractivity contribution is -0.149. The molecule has 0 aliphatic heterocycles. The van der Waals surface area contributed by atoms with E-state index in [9.17, 15) is 14.4 Å². The summed E-state index contributed by atoms with van der Waals surface area (Å²) in [5, 5.41) is 11.4. The summed E-state index contributed by atoms with van der Waals surface area (Å²) in [7, 11) is 0. The predicted molar refractivity (Wildman–Crippen MR) is 100 cm³/mol. The molecule has 0 saturated heterocycles. The first kappa shape index (κ1) is 20.6. The fraction of sp³-hybridized carbons (Fsp3) is 0.238. The summed E-state index contributed by atoms with van der Waals surface area (Å²) in [5.41, 5.74) is 1.74. The molecule has 7 heteroatoms. The van der Waals surface area contributed by atoms with Crippen molar-refractivity contribution < 1.29 is 23.9 Å². The second-order valence-corrected chi connectivity index (χ2v) is 6.03. The predicted octanol–water partition coefficient (Wildman–Crippen LogP) is 2.39. The molecule has 1 N–H and O–H groups in total. The van der Waals surface area contributed by atoms with Crippen LogP contribution in [-0.2, 0) is 20.9 Å². The number of carbonyl (C=O) groups excluding carboxylic acids is 3. The van der Waals surface area contributed by atoms with Crippen molar-refractivity contribution in [1.29, 1.82) is 5.26 Å². The lowest BCUT2D eigenvalue weighted by atomic mass is 10.1. The molecule has 0 bridgehead atoms. The zero-order chi connectivity index (χ0) is 20.5. The van der Waals surface area contributed by atoms with Gasteiger partial charge in [-0.1, -0.05) is 24.3 Å². The topological polar surface area (TPSA) is 105 Å². The number of hydrogen-bond donors (Lipinski definition) is 1. The van der Waals surface area contributed by atoms with Crippen LogP contribution in [0.5, 0.6) is 5.75 Å². The van der Waals surface area contributed by atoms with Gasteiger partial charge in [0.25, 0.3) is 0 Å². The van der Waals surface area contributed by atoms with Crippen LogP contribution in [0.1, 0.15) is 35.3 Å². The van der Waals surface area contributed by atoms with Crippen LogP contribution < -0.4 is 10.1 Å². The first-order valence-corrected chi connectivity index (χ1v) is 8.59. The molecule has 1 atom stereocenters. The molecule has 0 spiro atoms. The minimum absolute atomic E-state index is 0.135. The van der Waals surface area contributed by atoms with Gasteiger partial charge in [-0.15, -0.1) is 0 Å². The number of Topliss-reactive ketones (excluding diaryl/α,β-unsaturated/α-hetero) is 1. The van der Waals surface area contributed by atoms with Crippen molar-refractivity contribution >= 4 is 17.7 Å². The molecule has 0 radical (unpaired) electrons. The van der Waals surface area contributed by atoms with Gasteiger partial charge in [-0.2, -0.15) is 5.26 Å². The maximum atomic E-state index is 12.2. The Hall–Kier alpha value is -3.66. The monoisotopic (exact) mass is 380 g/mol. The van der Waals surface area contributed by atoms with Crippen molar-refractivity contribution in [1.82, 2.24) is 5.32 Å². The molecule has 0 aliphatic rings. The normalized spacial score (nSPS) is 11.0. The number of nitriles is 1. The average molecular weight is 380 g/mol. The summed E-state index contributed by atoms with van der Waals surface area (Å²) in [5.74, 6) is -0.723. The third-order valence-electron chi connectivity index (χ3n) is 3.79. The van der Waals surface area contributed by atoms with Gasteiger partial charge in [0.05, 0.1) is 11.6 Å². The third-order valence-corrected chi connectivity index (χ3v) is 3.79. The fourth-order valence-electron chi connectivity index (χ4n) is 2.23. The Morgan fingerprint density at radius 3 is 2.29 bits per heavy atom. The zero-order valence-corrected chi connectivity index (χ0v) is 15.6. The van der Waals surface area contributed by atoms with Gasteiger partial charge in [0.15, 0.2) is 18.5 Å². The lowest BCUT2D eigenvalue weighted by Crippen LogP contribution is -2.28. The zero-order valence-electron chi connectivity index (χ0n) is 15.6. The first-order valence-electron chi connectivity index (χ1n) is 8.59. The van der Waals surface area contributed by atoms with Crippen LogP contribution in [0.4, 0.5) is 0 Å². The number of ketones is 1. The van der Waals surface area contributed by atoms with E-state index >= 15 is 0 Å². The number of hydrogen-bond acceptors (Lipinski definition) is 6. The van der Waals surface area contributed by atoms with Gasteiger partial charge in [-0.25, -0.2) is 4.79 Å². The summed E-state index contributed by atoms with van der Waals surface area (Å²) in [6.07, 6.45) is -0.902. The lowest BCUT2D eigenvalue weighted by Gasteiger charge is -2.13. The minimum atomic E-state index is -0.902. The van der Waals surface area contributed by atoms with E-state index in [-0.39, 0.29) is 11.7 Å². The van der Waals surface area contributed by atoms with E-state index in [2.05, 4.69) is 5.32 Å². The van der Waals surface area contributed by atoms with E-state index in [1.165, 1.54) is 13.8 Å². The highest BCUT2D eigenvalue weighted by atomic mass is 16.6. The van der Waals surface area contributed by atoms with Gasteiger partial charge in [0.1, 0.15) is 5.75 Å². The molecule has 144 valence electrons. The van der Waals surface area contributed by atoms with E-state index in [1.807, 2.05) is 6.07 Å². The van der Waals surface area contributed by atoms with Crippen molar-refractivity contribution in [3.8, 4) is 11.8 Å². The number of nitrogens with zero attached hydrogens (tertiary/aromatic N) is 1. The molecule has 7 nitrogen and oxygen atoms in total. The van der Waals surface area contributed by atoms with Crippen LogP contribution in [0, 0.1) is 11.3 Å². The van der Waals surface area contributed by atoms with Gasteiger partial charge in [-0.3, -0.25) is 9.59 Å². The third kappa shape index (κ3) is 6.25. The molecule has 0 saturated carbocycles. The summed E-state index contributed by atoms with van der Waals surface area (Å²) >= 11 is 0. The maximum Gasteiger partial charge on any atom is 0.347 e. The molecule has 2 aromatic carbocycles. The summed E-state index contributed by atoms with van der Waals surface area (Å²) in [4.78, 5) is 35.1. The smallest absolute Gasteiger partial charge is 0.347 e. The van der Waals surface area contributed by atoms with E-state index in [4.69, 9.17) is 14.7 Å². The van der Waals surface area contributed by atoms with Gasteiger partial charge in [0, 0.05) is 19.0 Å².